The average Bonchev–Trinajstić information content (AvgIpc) is 3.21. The number of nitrogens with zero attached hydrogens (tertiary/aromatic N) is 3. The van der Waals surface area contributed by atoms with Crippen molar-refractivity contribution in [3.63, 3.8) is 0 Å². The number of Topliss-reactive ketones (excluding diaryl/α,β-unsaturated/α-hetero) is 1. The Balaban J connectivity index is 1.68. The third kappa shape index (κ3) is 5.38. The van der Waals surface area contributed by atoms with E-state index in [1.165, 1.54) is 23.1 Å². The van der Waals surface area contributed by atoms with Crippen molar-refractivity contribution in [2.45, 2.75) is 31.2 Å². The molecule has 3 aromatic rings. The lowest BCUT2D eigenvalue weighted by atomic mass is 10.2. The Morgan fingerprint density at radius 3 is 2.72 bits per heavy atom. The molecule has 0 unspecified atom stereocenters. The Hall–Kier alpha value is -1.45. The van der Waals surface area contributed by atoms with Gasteiger partial charge in [0, 0.05) is 42.2 Å². The second kappa shape index (κ2) is 10.0. The zero-order valence-electron chi connectivity index (χ0n) is 16.5. The molecule has 0 N–H and O–H groups in total. The van der Waals surface area contributed by atoms with Gasteiger partial charge in [0.1, 0.15) is 0 Å². The summed E-state index contributed by atoms with van der Waals surface area (Å²) in [5.41, 5.74) is 3.72. The molecule has 0 saturated heterocycles. The third-order valence-corrected chi connectivity index (χ3v) is 7.15. The number of aryl methyl sites for hydroxylation is 1. The number of carbonyl (C=O) groups excluding carboxylic acids is 1. The van der Waals surface area contributed by atoms with Crippen LogP contribution >= 0.6 is 46.9 Å². The molecule has 2 heterocycles. The first-order chi connectivity index (χ1) is 13.9. The number of rotatable bonds is 9. The zero-order valence-corrected chi connectivity index (χ0v) is 19.7. The van der Waals surface area contributed by atoms with Crippen molar-refractivity contribution in [2.75, 3.05) is 19.5 Å². The third-order valence-electron chi connectivity index (χ3n) is 4.53. The van der Waals surface area contributed by atoms with Crippen molar-refractivity contribution < 1.29 is 9.53 Å². The Labute approximate surface area is 188 Å². The SMILES string of the molecule is COCCCn1c(C)cc(C(=O)CSc2nn(-c3ccc(Cl)cc3)c(=S)s2)c1C. The first kappa shape index (κ1) is 22.2. The van der Waals surface area contributed by atoms with Crippen LogP contribution < -0.4 is 0 Å². The molecule has 0 saturated carbocycles. The largest absolute Gasteiger partial charge is 0.385 e. The summed E-state index contributed by atoms with van der Waals surface area (Å²) in [5, 5.41) is 5.21. The van der Waals surface area contributed by atoms with E-state index in [0.717, 1.165) is 39.9 Å². The first-order valence-electron chi connectivity index (χ1n) is 9.08. The van der Waals surface area contributed by atoms with Gasteiger partial charge in [-0.3, -0.25) is 4.79 Å². The fraction of sp³-hybridized carbons (Fsp3) is 0.350. The van der Waals surface area contributed by atoms with E-state index >= 15 is 0 Å². The maximum absolute atomic E-state index is 12.8. The molecule has 1 aromatic carbocycles. The molecule has 0 aliphatic heterocycles. The monoisotopic (exact) mass is 467 g/mol. The highest BCUT2D eigenvalue weighted by atomic mass is 35.5. The molecule has 5 nitrogen and oxygen atoms in total. The lowest BCUT2D eigenvalue weighted by Crippen LogP contribution is -2.08. The molecule has 0 atom stereocenters. The van der Waals surface area contributed by atoms with Crippen LogP contribution in [-0.4, -0.2) is 39.6 Å². The van der Waals surface area contributed by atoms with Crippen molar-refractivity contribution >= 4 is 52.7 Å². The number of ether oxygens (including phenoxy) is 1. The molecule has 154 valence electrons. The summed E-state index contributed by atoms with van der Waals surface area (Å²) in [5.74, 6) is 0.422. The van der Waals surface area contributed by atoms with Gasteiger partial charge >= 0.3 is 0 Å². The highest BCUT2D eigenvalue weighted by Gasteiger charge is 2.17. The van der Waals surface area contributed by atoms with Gasteiger partial charge in [-0.1, -0.05) is 34.7 Å². The number of aromatic nitrogens is 3. The van der Waals surface area contributed by atoms with Gasteiger partial charge in [0.15, 0.2) is 14.1 Å². The van der Waals surface area contributed by atoms with Crippen LogP contribution in [-0.2, 0) is 11.3 Å². The van der Waals surface area contributed by atoms with Crippen LogP contribution in [0.25, 0.3) is 5.69 Å². The standard InChI is InChI=1S/C20H22ClN3O2S3/c1-13-11-17(14(2)23(13)9-4-10-26-3)18(25)12-28-19-22-24(20(27)29-19)16-7-5-15(21)6-8-16/h5-8,11H,4,9-10,12H2,1-3H3. The van der Waals surface area contributed by atoms with Gasteiger partial charge in [-0.25, -0.2) is 4.68 Å². The van der Waals surface area contributed by atoms with Crippen molar-refractivity contribution in [3.05, 3.63) is 56.3 Å². The molecule has 3 rings (SSSR count). The summed E-state index contributed by atoms with van der Waals surface area (Å²) < 4.78 is 10.4. The number of hydrogen-bond acceptors (Lipinski definition) is 6. The first-order valence-corrected chi connectivity index (χ1v) is 11.7. The van der Waals surface area contributed by atoms with E-state index in [2.05, 4.69) is 9.67 Å². The fourth-order valence-electron chi connectivity index (χ4n) is 3.06. The number of ketones is 1. The average molecular weight is 468 g/mol. The quantitative estimate of drug-likeness (QED) is 0.173. The lowest BCUT2D eigenvalue weighted by Gasteiger charge is -2.09. The summed E-state index contributed by atoms with van der Waals surface area (Å²) >= 11 is 14.2. The summed E-state index contributed by atoms with van der Waals surface area (Å²) in [7, 11) is 1.70. The molecule has 0 radical (unpaired) electrons. The maximum Gasteiger partial charge on any atom is 0.184 e. The topological polar surface area (TPSA) is 49.1 Å². The Morgan fingerprint density at radius 2 is 2.03 bits per heavy atom. The molecule has 0 amide bonds. The van der Waals surface area contributed by atoms with Crippen molar-refractivity contribution in [3.8, 4) is 5.69 Å². The molecule has 2 aromatic heterocycles. The molecule has 0 aliphatic rings. The van der Waals surface area contributed by atoms with Crippen molar-refractivity contribution in [1.29, 1.82) is 0 Å². The van der Waals surface area contributed by atoms with Gasteiger partial charge in [-0.15, -0.1) is 5.10 Å². The minimum Gasteiger partial charge on any atom is -0.385 e. The molecule has 9 heteroatoms. The summed E-state index contributed by atoms with van der Waals surface area (Å²) in [6.07, 6.45) is 0.917. The lowest BCUT2D eigenvalue weighted by molar-refractivity contribution is 0.102. The molecule has 0 aliphatic carbocycles. The Morgan fingerprint density at radius 1 is 1.31 bits per heavy atom. The van der Waals surface area contributed by atoms with Gasteiger partial charge < -0.3 is 9.30 Å². The predicted molar refractivity (Wildman–Crippen MR) is 123 cm³/mol. The fourth-order valence-corrected chi connectivity index (χ4v) is 5.43. The highest BCUT2D eigenvalue weighted by Crippen LogP contribution is 2.26. The smallest absolute Gasteiger partial charge is 0.184 e. The van der Waals surface area contributed by atoms with Gasteiger partial charge in [0.25, 0.3) is 0 Å². The summed E-state index contributed by atoms with van der Waals surface area (Å²) in [4.78, 5) is 12.8. The van der Waals surface area contributed by atoms with E-state index in [9.17, 15) is 4.79 Å². The van der Waals surface area contributed by atoms with Crippen LogP contribution in [0, 0.1) is 17.8 Å². The zero-order chi connectivity index (χ0) is 21.0. The van der Waals surface area contributed by atoms with Crippen molar-refractivity contribution in [1.82, 2.24) is 14.3 Å². The molecular formula is C20H22ClN3O2S3. The summed E-state index contributed by atoms with van der Waals surface area (Å²) in [6.45, 7) is 5.58. The van der Waals surface area contributed by atoms with Gasteiger partial charge in [0.2, 0.25) is 0 Å². The van der Waals surface area contributed by atoms with Gasteiger partial charge in [-0.2, -0.15) is 0 Å². The highest BCUT2D eigenvalue weighted by molar-refractivity contribution is 8.01. The molecule has 0 spiro atoms. The number of methoxy groups -OCH3 is 1. The maximum atomic E-state index is 12.8. The van der Waals surface area contributed by atoms with E-state index in [1.807, 2.05) is 32.0 Å². The predicted octanol–water partition coefficient (Wildman–Crippen LogP) is 5.75. The molecule has 29 heavy (non-hydrogen) atoms. The van der Waals surface area contributed by atoms with Gasteiger partial charge in [0.05, 0.1) is 11.4 Å². The Bertz CT molecular complexity index is 1050. The minimum absolute atomic E-state index is 0.0975. The normalized spacial score (nSPS) is 11.2. The number of hydrogen-bond donors (Lipinski definition) is 0. The second-order valence-corrected chi connectivity index (χ2v) is 9.80. The van der Waals surface area contributed by atoms with E-state index < -0.39 is 0 Å². The van der Waals surface area contributed by atoms with E-state index in [4.69, 9.17) is 28.6 Å². The number of halogens is 1. The molecule has 0 fully saturated rings. The van der Waals surface area contributed by atoms with Crippen LogP contribution in [0.1, 0.15) is 28.2 Å². The number of carbonyl (C=O) groups is 1. The van der Waals surface area contributed by atoms with E-state index in [0.29, 0.717) is 21.3 Å². The van der Waals surface area contributed by atoms with Crippen LogP contribution in [0.15, 0.2) is 34.7 Å². The van der Waals surface area contributed by atoms with Gasteiger partial charge in [-0.05, 0) is 62.8 Å². The van der Waals surface area contributed by atoms with Crippen molar-refractivity contribution in [2.24, 2.45) is 0 Å². The number of benzene rings is 1. The second-order valence-electron chi connectivity index (χ2n) is 6.52. The van der Waals surface area contributed by atoms with Crippen LogP contribution in [0.4, 0.5) is 0 Å². The van der Waals surface area contributed by atoms with E-state index in [1.54, 1.807) is 23.9 Å². The Kier molecular flexibility index (Phi) is 7.70. The summed E-state index contributed by atoms with van der Waals surface area (Å²) in [6, 6.07) is 9.32. The number of thioether (sulfide) groups is 1. The molecular weight excluding hydrogens is 446 g/mol. The van der Waals surface area contributed by atoms with Crippen LogP contribution in [0.3, 0.4) is 0 Å². The van der Waals surface area contributed by atoms with Crippen LogP contribution in [0.2, 0.25) is 5.02 Å². The minimum atomic E-state index is 0.0975. The van der Waals surface area contributed by atoms with E-state index in [-0.39, 0.29) is 5.78 Å². The molecule has 0 bridgehead atoms. The van der Waals surface area contributed by atoms with Crippen LogP contribution in [0.5, 0.6) is 0 Å².